The highest BCUT2D eigenvalue weighted by atomic mass is 16.6. The zero-order chi connectivity index (χ0) is 59.2. The van der Waals surface area contributed by atoms with Crippen LogP contribution < -0.4 is 0 Å². The minimum absolute atomic E-state index is 0.0773. The minimum atomic E-state index is -0.782. The van der Waals surface area contributed by atoms with Crippen molar-refractivity contribution >= 4 is 17.9 Å². The quantitative estimate of drug-likeness (QED) is 0.0261. The number of carbonyl (C=O) groups is 3. The molecule has 0 aliphatic carbocycles. The Morgan fingerprint density at radius 2 is 0.439 bits per heavy atom. The molecule has 6 heteroatoms. The number of rotatable bonds is 67. The second-order valence-corrected chi connectivity index (χ2v) is 24.5. The van der Waals surface area contributed by atoms with Gasteiger partial charge in [-0.3, -0.25) is 14.4 Å². The van der Waals surface area contributed by atoms with Crippen molar-refractivity contribution in [1.82, 2.24) is 0 Å². The molecule has 0 radical (unpaired) electrons. The van der Waals surface area contributed by atoms with E-state index in [1.54, 1.807) is 0 Å². The first-order valence-electron chi connectivity index (χ1n) is 36.3. The standard InChI is InChI=1S/C76H138O6/c1-4-7-10-13-16-19-22-25-28-31-34-36-38-40-42-45-48-51-54-57-60-63-66-69-75(78)81-72-73(71-80-74(77)68-65-62-59-56-53-50-47-44-33-30-27-24-21-18-15-12-9-6-3)82-76(79)70-67-64-61-58-55-52-49-46-43-41-39-37-35-32-29-26-23-20-17-14-11-8-5-2/h21-22,24-25,30-31,33-34,38,40,73H,4-20,23,26-29,32,35-37,39,41-72H2,1-3H3/b24-21-,25-22-,33-30-,34-31-,40-38-. The Kier molecular flexibility index (Phi) is 68.1. The van der Waals surface area contributed by atoms with Crippen molar-refractivity contribution in [1.29, 1.82) is 0 Å². The fourth-order valence-corrected chi connectivity index (χ4v) is 10.8. The lowest BCUT2D eigenvalue weighted by molar-refractivity contribution is -0.167. The van der Waals surface area contributed by atoms with Crippen molar-refractivity contribution < 1.29 is 28.6 Å². The van der Waals surface area contributed by atoms with Crippen LogP contribution in [0.4, 0.5) is 0 Å². The number of ether oxygens (including phenoxy) is 3. The second kappa shape index (κ2) is 70.6. The molecule has 0 amide bonds. The Balaban J connectivity index is 4.35. The summed E-state index contributed by atoms with van der Waals surface area (Å²) in [6.07, 6.45) is 91.0. The van der Waals surface area contributed by atoms with E-state index in [0.717, 1.165) is 89.9 Å². The predicted molar refractivity (Wildman–Crippen MR) is 358 cm³/mol. The molecule has 0 aromatic heterocycles. The summed E-state index contributed by atoms with van der Waals surface area (Å²) < 4.78 is 17.0. The first-order chi connectivity index (χ1) is 40.5. The lowest BCUT2D eigenvalue weighted by atomic mass is 10.0. The Bertz CT molecular complexity index is 1460. The van der Waals surface area contributed by atoms with E-state index in [0.29, 0.717) is 19.3 Å². The van der Waals surface area contributed by atoms with Gasteiger partial charge in [-0.1, -0.05) is 338 Å². The Labute approximate surface area is 510 Å². The molecule has 6 nitrogen and oxygen atoms in total. The number of esters is 3. The molecule has 478 valence electrons. The van der Waals surface area contributed by atoms with Crippen LogP contribution in [0, 0.1) is 0 Å². The van der Waals surface area contributed by atoms with E-state index >= 15 is 0 Å². The number of hydrogen-bond donors (Lipinski definition) is 0. The van der Waals surface area contributed by atoms with Gasteiger partial charge in [0.1, 0.15) is 13.2 Å². The van der Waals surface area contributed by atoms with E-state index in [9.17, 15) is 14.4 Å². The molecular formula is C76H138O6. The van der Waals surface area contributed by atoms with Gasteiger partial charge in [0.15, 0.2) is 6.10 Å². The molecule has 0 aromatic carbocycles. The van der Waals surface area contributed by atoms with Crippen LogP contribution in [-0.4, -0.2) is 37.2 Å². The van der Waals surface area contributed by atoms with Gasteiger partial charge in [0, 0.05) is 19.3 Å². The molecule has 0 aliphatic heterocycles. The predicted octanol–water partition coefficient (Wildman–Crippen LogP) is 25.1. The summed E-state index contributed by atoms with van der Waals surface area (Å²) in [6, 6.07) is 0. The first-order valence-corrected chi connectivity index (χ1v) is 36.3. The second-order valence-electron chi connectivity index (χ2n) is 24.5. The van der Waals surface area contributed by atoms with Crippen molar-refractivity contribution in [3.8, 4) is 0 Å². The number of carbonyl (C=O) groups excluding carboxylic acids is 3. The molecule has 1 unspecified atom stereocenters. The van der Waals surface area contributed by atoms with E-state index in [4.69, 9.17) is 14.2 Å². The van der Waals surface area contributed by atoms with Crippen molar-refractivity contribution in [3.63, 3.8) is 0 Å². The zero-order valence-corrected chi connectivity index (χ0v) is 55.0. The SMILES string of the molecule is CCCCCC/C=C\C/C=C\CCCCCCCCCC(=O)OCC(COC(=O)CCCCCCCCCC/C=C\C/C=C\C/C=C\CCCCCCC)OC(=O)CCCCCCCCCCCCCCCCCCCCCCCCC. The maximum absolute atomic E-state index is 13.0. The maximum atomic E-state index is 13.0. The van der Waals surface area contributed by atoms with Crippen molar-refractivity contribution in [2.45, 2.75) is 393 Å². The fourth-order valence-electron chi connectivity index (χ4n) is 10.8. The number of hydrogen-bond acceptors (Lipinski definition) is 6. The summed E-state index contributed by atoms with van der Waals surface area (Å²) in [6.45, 7) is 6.67. The monoisotopic (exact) mass is 1150 g/mol. The topological polar surface area (TPSA) is 78.9 Å². The summed E-state index contributed by atoms with van der Waals surface area (Å²) in [7, 11) is 0. The highest BCUT2D eigenvalue weighted by molar-refractivity contribution is 5.71. The van der Waals surface area contributed by atoms with E-state index in [1.807, 2.05) is 0 Å². The van der Waals surface area contributed by atoms with Gasteiger partial charge in [0.2, 0.25) is 0 Å². The van der Waals surface area contributed by atoms with E-state index < -0.39 is 6.10 Å². The summed E-state index contributed by atoms with van der Waals surface area (Å²) in [5, 5.41) is 0. The molecule has 0 saturated heterocycles. The molecular weight excluding hydrogens is 1010 g/mol. The third-order valence-electron chi connectivity index (χ3n) is 16.2. The van der Waals surface area contributed by atoms with Gasteiger partial charge in [-0.05, 0) is 89.9 Å². The van der Waals surface area contributed by atoms with Crippen molar-refractivity contribution in [2.75, 3.05) is 13.2 Å². The van der Waals surface area contributed by atoms with Gasteiger partial charge in [0.25, 0.3) is 0 Å². The van der Waals surface area contributed by atoms with Crippen LogP contribution in [0.15, 0.2) is 60.8 Å². The highest BCUT2D eigenvalue weighted by Crippen LogP contribution is 2.18. The Hall–Kier alpha value is -2.89. The van der Waals surface area contributed by atoms with Gasteiger partial charge >= 0.3 is 17.9 Å². The summed E-state index contributed by atoms with van der Waals surface area (Å²) in [4.78, 5) is 38.5. The molecule has 0 spiro atoms. The van der Waals surface area contributed by atoms with Crippen LogP contribution in [0.1, 0.15) is 387 Å². The van der Waals surface area contributed by atoms with Crippen LogP contribution >= 0.6 is 0 Å². The lowest BCUT2D eigenvalue weighted by Crippen LogP contribution is -2.30. The van der Waals surface area contributed by atoms with Crippen LogP contribution in [0.5, 0.6) is 0 Å². The third-order valence-corrected chi connectivity index (χ3v) is 16.2. The molecule has 0 aromatic rings. The molecule has 0 heterocycles. The van der Waals surface area contributed by atoms with Gasteiger partial charge in [-0.15, -0.1) is 0 Å². The van der Waals surface area contributed by atoms with Gasteiger partial charge in [-0.25, -0.2) is 0 Å². The van der Waals surface area contributed by atoms with Crippen molar-refractivity contribution in [3.05, 3.63) is 60.8 Å². The van der Waals surface area contributed by atoms with Crippen LogP contribution in [0.25, 0.3) is 0 Å². The Morgan fingerprint density at radius 1 is 0.244 bits per heavy atom. The molecule has 82 heavy (non-hydrogen) atoms. The minimum Gasteiger partial charge on any atom is -0.462 e. The molecule has 0 N–H and O–H groups in total. The van der Waals surface area contributed by atoms with Gasteiger partial charge in [-0.2, -0.15) is 0 Å². The zero-order valence-electron chi connectivity index (χ0n) is 55.0. The normalized spacial score (nSPS) is 12.4. The Morgan fingerprint density at radius 3 is 0.695 bits per heavy atom. The van der Waals surface area contributed by atoms with Crippen LogP contribution in [0.2, 0.25) is 0 Å². The summed E-state index contributed by atoms with van der Waals surface area (Å²) >= 11 is 0. The summed E-state index contributed by atoms with van der Waals surface area (Å²) in [5.41, 5.74) is 0. The van der Waals surface area contributed by atoms with E-state index in [1.165, 1.54) is 257 Å². The molecule has 0 bridgehead atoms. The average molecular weight is 1150 g/mol. The maximum Gasteiger partial charge on any atom is 0.306 e. The number of allylic oxidation sites excluding steroid dienone is 10. The highest BCUT2D eigenvalue weighted by Gasteiger charge is 2.19. The largest absolute Gasteiger partial charge is 0.462 e. The smallest absolute Gasteiger partial charge is 0.306 e. The van der Waals surface area contributed by atoms with E-state index in [-0.39, 0.29) is 31.1 Å². The van der Waals surface area contributed by atoms with Gasteiger partial charge in [0.05, 0.1) is 0 Å². The first kappa shape index (κ1) is 79.1. The lowest BCUT2D eigenvalue weighted by Gasteiger charge is -2.18. The van der Waals surface area contributed by atoms with Crippen LogP contribution in [0.3, 0.4) is 0 Å². The fraction of sp³-hybridized carbons (Fsp3) is 0.829. The molecule has 0 rings (SSSR count). The molecule has 1 atom stereocenters. The van der Waals surface area contributed by atoms with Gasteiger partial charge < -0.3 is 14.2 Å². The molecule has 0 fully saturated rings. The number of unbranched alkanes of at least 4 members (excludes halogenated alkanes) is 46. The third kappa shape index (κ3) is 67.9. The van der Waals surface area contributed by atoms with Crippen molar-refractivity contribution in [2.24, 2.45) is 0 Å². The summed E-state index contributed by atoms with van der Waals surface area (Å²) in [5.74, 6) is -0.865. The van der Waals surface area contributed by atoms with E-state index in [2.05, 4.69) is 81.5 Å². The van der Waals surface area contributed by atoms with Crippen LogP contribution in [-0.2, 0) is 28.6 Å². The molecule has 0 aliphatic rings. The average Bonchev–Trinajstić information content (AvgIpc) is 3.47. The molecule has 0 saturated carbocycles.